The van der Waals surface area contributed by atoms with Gasteiger partial charge in [-0.3, -0.25) is 9.59 Å². The summed E-state index contributed by atoms with van der Waals surface area (Å²) in [6, 6.07) is 14.8. The van der Waals surface area contributed by atoms with Crippen LogP contribution in [0.1, 0.15) is 25.3 Å². The fraction of sp³-hybridized carbons (Fsp3) is 0.333. The molecule has 0 radical (unpaired) electrons. The van der Waals surface area contributed by atoms with E-state index < -0.39 is 0 Å². The fourth-order valence-electron chi connectivity index (χ4n) is 3.27. The summed E-state index contributed by atoms with van der Waals surface area (Å²) in [5.74, 6) is -0.0839. The summed E-state index contributed by atoms with van der Waals surface area (Å²) in [7, 11) is 0. The third-order valence-corrected chi connectivity index (χ3v) is 4.81. The number of anilines is 2. The maximum Gasteiger partial charge on any atom is 0.231 e. The molecular weight excluding hydrogens is 364 g/mol. The molecule has 0 spiro atoms. The summed E-state index contributed by atoms with van der Waals surface area (Å²) in [6.07, 6.45) is 1.92. The number of carbonyl (C=O) groups is 2. The molecule has 0 aliphatic carbocycles. The Labute approximate surface area is 164 Å². The first-order valence-corrected chi connectivity index (χ1v) is 9.42. The minimum atomic E-state index is -0.122. The fourth-order valence-corrected chi connectivity index (χ4v) is 3.40. The minimum absolute atomic E-state index is 0.0384. The second-order valence-electron chi connectivity index (χ2n) is 6.64. The molecule has 0 atom stereocenters. The van der Waals surface area contributed by atoms with Crippen molar-refractivity contribution in [1.29, 1.82) is 0 Å². The molecular formula is C21H23ClN2O3. The van der Waals surface area contributed by atoms with Gasteiger partial charge in [0.15, 0.2) is 0 Å². The number of rotatable bonds is 5. The van der Waals surface area contributed by atoms with Crippen LogP contribution in [0.4, 0.5) is 11.4 Å². The third-order valence-electron chi connectivity index (χ3n) is 4.56. The molecule has 27 heavy (non-hydrogen) atoms. The number of amides is 2. The predicted molar refractivity (Wildman–Crippen MR) is 107 cm³/mol. The van der Waals surface area contributed by atoms with Gasteiger partial charge in [-0.05, 0) is 54.8 Å². The van der Waals surface area contributed by atoms with Crippen LogP contribution in [0, 0.1) is 0 Å². The Bertz CT molecular complexity index is 784. The van der Waals surface area contributed by atoms with Crippen LogP contribution < -0.4 is 10.2 Å². The average molecular weight is 387 g/mol. The Morgan fingerprint density at radius 2 is 1.70 bits per heavy atom. The van der Waals surface area contributed by atoms with Crippen molar-refractivity contribution in [3.05, 3.63) is 59.1 Å². The summed E-state index contributed by atoms with van der Waals surface area (Å²) < 4.78 is 5.46. The molecule has 1 aliphatic rings. The molecule has 1 saturated heterocycles. The van der Waals surface area contributed by atoms with Gasteiger partial charge < -0.3 is 15.0 Å². The van der Waals surface area contributed by atoms with Gasteiger partial charge in [-0.15, -0.1) is 0 Å². The Morgan fingerprint density at radius 3 is 2.30 bits per heavy atom. The molecule has 2 aromatic carbocycles. The molecule has 0 unspecified atom stereocenters. The maximum atomic E-state index is 13.1. The first-order chi connectivity index (χ1) is 13.0. The van der Waals surface area contributed by atoms with Crippen molar-refractivity contribution in [3.63, 3.8) is 0 Å². The molecule has 2 aromatic rings. The predicted octanol–water partition coefficient (Wildman–Crippen LogP) is 4.05. The van der Waals surface area contributed by atoms with Gasteiger partial charge in [0, 0.05) is 42.6 Å². The number of ether oxygens (including phenoxy) is 1. The Hall–Kier alpha value is -2.37. The van der Waals surface area contributed by atoms with Gasteiger partial charge in [-0.25, -0.2) is 0 Å². The van der Waals surface area contributed by atoms with E-state index in [-0.39, 0.29) is 17.9 Å². The van der Waals surface area contributed by atoms with E-state index in [9.17, 15) is 9.59 Å². The normalized spacial score (nSPS) is 14.6. The van der Waals surface area contributed by atoms with E-state index in [1.807, 2.05) is 41.3 Å². The Balaban J connectivity index is 1.82. The highest BCUT2D eigenvalue weighted by Gasteiger charge is 2.27. The molecule has 1 aliphatic heterocycles. The molecule has 6 heteroatoms. The number of halogens is 1. The van der Waals surface area contributed by atoms with Crippen LogP contribution in [0.25, 0.3) is 0 Å². The summed E-state index contributed by atoms with van der Waals surface area (Å²) in [5.41, 5.74) is 2.47. The molecule has 0 saturated carbocycles. The Morgan fingerprint density at radius 1 is 1.07 bits per heavy atom. The van der Waals surface area contributed by atoms with Crippen LogP contribution in [0.2, 0.25) is 5.02 Å². The summed E-state index contributed by atoms with van der Waals surface area (Å²) >= 11 is 5.94. The van der Waals surface area contributed by atoms with E-state index in [0.29, 0.717) is 30.3 Å². The highest BCUT2D eigenvalue weighted by Crippen LogP contribution is 2.26. The zero-order valence-electron chi connectivity index (χ0n) is 15.3. The maximum absolute atomic E-state index is 13.1. The van der Waals surface area contributed by atoms with E-state index >= 15 is 0 Å². The highest BCUT2D eigenvalue weighted by molar-refractivity contribution is 6.30. The van der Waals surface area contributed by atoms with Gasteiger partial charge in [0.05, 0.1) is 6.42 Å². The van der Waals surface area contributed by atoms with Crippen LogP contribution in [-0.2, 0) is 20.7 Å². The van der Waals surface area contributed by atoms with Crippen molar-refractivity contribution >= 4 is 34.8 Å². The van der Waals surface area contributed by atoms with Crippen molar-refractivity contribution in [2.45, 2.75) is 32.2 Å². The van der Waals surface area contributed by atoms with Crippen molar-refractivity contribution in [2.24, 2.45) is 0 Å². The van der Waals surface area contributed by atoms with Gasteiger partial charge in [0.1, 0.15) is 0 Å². The molecule has 1 fully saturated rings. The lowest BCUT2D eigenvalue weighted by Gasteiger charge is -2.34. The van der Waals surface area contributed by atoms with Crippen LogP contribution in [0.15, 0.2) is 48.5 Å². The lowest BCUT2D eigenvalue weighted by Crippen LogP contribution is -2.44. The van der Waals surface area contributed by atoms with Gasteiger partial charge >= 0.3 is 0 Å². The molecule has 1 heterocycles. The SMILES string of the molecule is CC(=O)Nc1ccc(N(C(=O)Cc2ccc(Cl)cc2)C2CCOCC2)cc1. The molecule has 2 amide bonds. The minimum Gasteiger partial charge on any atom is -0.381 e. The number of carbonyl (C=O) groups excluding carboxylic acids is 2. The second-order valence-corrected chi connectivity index (χ2v) is 7.08. The number of nitrogens with one attached hydrogen (secondary N) is 1. The van der Waals surface area contributed by atoms with Crippen molar-refractivity contribution in [1.82, 2.24) is 0 Å². The van der Waals surface area contributed by atoms with Crippen LogP contribution in [-0.4, -0.2) is 31.1 Å². The second kappa shape index (κ2) is 9.02. The molecule has 142 valence electrons. The first kappa shape index (κ1) is 19.4. The van der Waals surface area contributed by atoms with E-state index in [2.05, 4.69) is 5.32 Å². The molecule has 5 nitrogen and oxygen atoms in total. The molecule has 3 rings (SSSR count). The van der Waals surface area contributed by atoms with E-state index in [1.165, 1.54) is 6.92 Å². The molecule has 0 bridgehead atoms. The number of hydrogen-bond donors (Lipinski definition) is 1. The van der Waals surface area contributed by atoms with Gasteiger partial charge in [0.25, 0.3) is 0 Å². The van der Waals surface area contributed by atoms with Gasteiger partial charge in [-0.2, -0.15) is 0 Å². The summed E-state index contributed by atoms with van der Waals surface area (Å²) in [4.78, 5) is 26.2. The monoisotopic (exact) mass is 386 g/mol. The number of nitrogens with zero attached hydrogens (tertiary/aromatic N) is 1. The van der Waals surface area contributed by atoms with Crippen molar-refractivity contribution < 1.29 is 14.3 Å². The standard InChI is InChI=1S/C21H23ClN2O3/c1-15(25)23-18-6-8-19(9-7-18)24(20-10-12-27-13-11-20)21(26)14-16-2-4-17(22)5-3-16/h2-9,20H,10-14H2,1H3,(H,23,25). The van der Waals surface area contributed by atoms with E-state index in [0.717, 1.165) is 24.1 Å². The van der Waals surface area contributed by atoms with E-state index in [1.54, 1.807) is 12.1 Å². The molecule has 1 N–H and O–H groups in total. The highest BCUT2D eigenvalue weighted by atomic mass is 35.5. The van der Waals surface area contributed by atoms with Crippen LogP contribution >= 0.6 is 11.6 Å². The van der Waals surface area contributed by atoms with Crippen molar-refractivity contribution in [3.8, 4) is 0 Å². The molecule has 0 aromatic heterocycles. The number of benzene rings is 2. The topological polar surface area (TPSA) is 58.6 Å². The quantitative estimate of drug-likeness (QED) is 0.843. The van der Waals surface area contributed by atoms with Crippen LogP contribution in [0.3, 0.4) is 0 Å². The van der Waals surface area contributed by atoms with Gasteiger partial charge in [0.2, 0.25) is 11.8 Å². The zero-order valence-corrected chi connectivity index (χ0v) is 16.0. The van der Waals surface area contributed by atoms with Gasteiger partial charge in [-0.1, -0.05) is 23.7 Å². The third kappa shape index (κ3) is 5.31. The largest absolute Gasteiger partial charge is 0.381 e. The average Bonchev–Trinajstić information content (AvgIpc) is 2.66. The zero-order chi connectivity index (χ0) is 19.2. The lowest BCUT2D eigenvalue weighted by atomic mass is 10.0. The van der Waals surface area contributed by atoms with Crippen LogP contribution in [0.5, 0.6) is 0 Å². The smallest absolute Gasteiger partial charge is 0.231 e. The van der Waals surface area contributed by atoms with Crippen molar-refractivity contribution in [2.75, 3.05) is 23.4 Å². The first-order valence-electron chi connectivity index (χ1n) is 9.05. The lowest BCUT2D eigenvalue weighted by molar-refractivity contribution is -0.119. The summed E-state index contributed by atoms with van der Waals surface area (Å²) in [6.45, 7) is 2.77. The number of hydrogen-bond acceptors (Lipinski definition) is 3. The summed E-state index contributed by atoms with van der Waals surface area (Å²) in [5, 5.41) is 3.40. The van der Waals surface area contributed by atoms with E-state index in [4.69, 9.17) is 16.3 Å². The Kier molecular flexibility index (Phi) is 6.48.